The molecule has 5 unspecified atom stereocenters. The molecule has 0 amide bonds. The molecule has 0 bridgehead atoms. The van der Waals surface area contributed by atoms with Crippen molar-refractivity contribution in [3.05, 3.63) is 47.1 Å². The number of carbonyl (C=O) groups excluding carboxylic acids is 2. The second kappa shape index (κ2) is 8.87. The fourth-order valence-electron chi connectivity index (χ4n) is 4.91. The van der Waals surface area contributed by atoms with E-state index in [2.05, 4.69) is 30.4 Å². The van der Waals surface area contributed by atoms with Gasteiger partial charge in [0.2, 0.25) is 0 Å². The van der Waals surface area contributed by atoms with Gasteiger partial charge in [0.05, 0.1) is 19.1 Å². The summed E-state index contributed by atoms with van der Waals surface area (Å²) in [6.45, 7) is 8.87. The van der Waals surface area contributed by atoms with Crippen LogP contribution in [0.3, 0.4) is 0 Å². The molecule has 5 heteroatoms. The molecule has 0 aromatic rings. The molecule has 0 aromatic heterocycles. The molecule has 4 rings (SSSR count). The second-order valence-electron chi connectivity index (χ2n) is 9.99. The molecule has 0 spiro atoms. The van der Waals surface area contributed by atoms with Crippen LogP contribution in [0.5, 0.6) is 0 Å². The Morgan fingerprint density at radius 1 is 1.19 bits per heavy atom. The maximum absolute atomic E-state index is 13.2. The average Bonchev–Trinajstić information content (AvgIpc) is 3.05. The minimum atomic E-state index is -0.510. The van der Waals surface area contributed by atoms with Crippen LogP contribution >= 0.6 is 0 Å². The molecule has 0 N–H and O–H groups in total. The summed E-state index contributed by atoms with van der Waals surface area (Å²) < 4.78 is 17.2. The zero-order chi connectivity index (χ0) is 22.2. The molecule has 1 saturated heterocycles. The normalized spacial score (nSPS) is 31.2. The highest BCUT2D eigenvalue weighted by Gasteiger charge is 2.39. The summed E-state index contributed by atoms with van der Waals surface area (Å²) in [5, 5.41) is 0. The number of esters is 1. The van der Waals surface area contributed by atoms with Crippen LogP contribution in [0.2, 0.25) is 0 Å². The third-order valence-electron chi connectivity index (χ3n) is 6.53. The van der Waals surface area contributed by atoms with E-state index in [4.69, 9.17) is 14.2 Å². The maximum atomic E-state index is 13.2. The van der Waals surface area contributed by atoms with E-state index < -0.39 is 5.60 Å². The Balaban J connectivity index is 1.44. The Labute approximate surface area is 185 Å². The predicted molar refractivity (Wildman–Crippen MR) is 118 cm³/mol. The molecule has 1 heterocycles. The Morgan fingerprint density at radius 2 is 1.94 bits per heavy atom. The standard InChI is InChI=1S/C26H34O5/c1-5-16(25(28)31-26(2,3)4)12-20-13-19-7-6-17(14-21(19)24(20)27)18-8-9-22-23(15-18)30-11-10-29-22/h7-9,14-17,20,22-23H,5-6,10-13H2,1-4H3. The van der Waals surface area contributed by atoms with Crippen molar-refractivity contribution in [2.75, 3.05) is 13.2 Å². The molecule has 5 atom stereocenters. The van der Waals surface area contributed by atoms with Gasteiger partial charge in [0, 0.05) is 17.4 Å². The van der Waals surface area contributed by atoms with Gasteiger partial charge in [-0.15, -0.1) is 0 Å². The van der Waals surface area contributed by atoms with Crippen LogP contribution in [-0.4, -0.2) is 42.8 Å². The molecule has 1 aliphatic heterocycles. The smallest absolute Gasteiger partial charge is 0.309 e. The SMILES string of the molecule is CCC(CC1CC2=CCC(C3=CC4OCCOC4C=C3)C=C2C1=O)C(=O)OC(C)(C)C. The number of Topliss-reactive ketones (excluding diaryl/α,β-unsaturated/α-hetero) is 1. The predicted octanol–water partition coefficient (Wildman–Crippen LogP) is 4.49. The summed E-state index contributed by atoms with van der Waals surface area (Å²) >= 11 is 0. The summed E-state index contributed by atoms with van der Waals surface area (Å²) in [6.07, 6.45) is 13.5. The number of allylic oxidation sites excluding steroid dienone is 6. The first-order valence-electron chi connectivity index (χ1n) is 11.6. The van der Waals surface area contributed by atoms with Crippen molar-refractivity contribution in [3.63, 3.8) is 0 Å². The molecule has 2 fully saturated rings. The fourth-order valence-corrected chi connectivity index (χ4v) is 4.91. The Hall–Kier alpha value is -1.98. The molecular formula is C26H34O5. The van der Waals surface area contributed by atoms with Crippen LogP contribution in [0.15, 0.2) is 47.1 Å². The van der Waals surface area contributed by atoms with Crippen LogP contribution in [0.4, 0.5) is 0 Å². The van der Waals surface area contributed by atoms with E-state index in [1.165, 1.54) is 5.57 Å². The Kier molecular flexibility index (Phi) is 6.36. The molecular weight excluding hydrogens is 392 g/mol. The third kappa shape index (κ3) is 4.93. The van der Waals surface area contributed by atoms with Gasteiger partial charge in [0.1, 0.15) is 17.8 Å². The van der Waals surface area contributed by atoms with Crippen molar-refractivity contribution in [3.8, 4) is 0 Å². The van der Waals surface area contributed by atoms with Gasteiger partial charge in [-0.2, -0.15) is 0 Å². The van der Waals surface area contributed by atoms with Crippen molar-refractivity contribution < 1.29 is 23.8 Å². The van der Waals surface area contributed by atoms with E-state index in [0.29, 0.717) is 26.1 Å². The number of ether oxygens (including phenoxy) is 3. The van der Waals surface area contributed by atoms with Crippen LogP contribution in [-0.2, 0) is 23.8 Å². The molecule has 3 aliphatic carbocycles. The van der Waals surface area contributed by atoms with Crippen molar-refractivity contribution in [1.29, 1.82) is 0 Å². The number of carbonyl (C=O) groups is 2. The van der Waals surface area contributed by atoms with Crippen LogP contribution in [0.25, 0.3) is 0 Å². The molecule has 168 valence electrons. The van der Waals surface area contributed by atoms with Gasteiger partial charge in [-0.3, -0.25) is 9.59 Å². The Bertz CT molecular complexity index is 854. The topological polar surface area (TPSA) is 61.8 Å². The van der Waals surface area contributed by atoms with E-state index in [9.17, 15) is 9.59 Å². The minimum Gasteiger partial charge on any atom is -0.460 e. The molecule has 0 aromatic carbocycles. The van der Waals surface area contributed by atoms with Gasteiger partial charge in [0.15, 0.2) is 5.78 Å². The molecule has 31 heavy (non-hydrogen) atoms. The summed E-state index contributed by atoms with van der Waals surface area (Å²) in [5.41, 5.74) is 2.66. The highest BCUT2D eigenvalue weighted by Crippen LogP contribution is 2.42. The average molecular weight is 427 g/mol. The monoisotopic (exact) mass is 426 g/mol. The number of hydrogen-bond acceptors (Lipinski definition) is 5. The lowest BCUT2D eigenvalue weighted by atomic mass is 9.83. The molecule has 0 radical (unpaired) electrons. The van der Waals surface area contributed by atoms with Gasteiger partial charge in [-0.25, -0.2) is 0 Å². The van der Waals surface area contributed by atoms with Crippen LogP contribution in [0, 0.1) is 17.8 Å². The van der Waals surface area contributed by atoms with Crippen LogP contribution < -0.4 is 0 Å². The summed E-state index contributed by atoms with van der Waals surface area (Å²) in [6, 6.07) is 0. The van der Waals surface area contributed by atoms with Crippen molar-refractivity contribution in [1.82, 2.24) is 0 Å². The van der Waals surface area contributed by atoms with Crippen molar-refractivity contribution in [2.24, 2.45) is 17.8 Å². The van der Waals surface area contributed by atoms with Crippen LogP contribution in [0.1, 0.15) is 53.4 Å². The zero-order valence-corrected chi connectivity index (χ0v) is 19.1. The second-order valence-corrected chi connectivity index (χ2v) is 9.99. The molecule has 4 aliphatic rings. The summed E-state index contributed by atoms with van der Waals surface area (Å²) in [5.74, 6) is -0.218. The van der Waals surface area contributed by atoms with Crippen molar-refractivity contribution in [2.45, 2.75) is 71.2 Å². The highest BCUT2D eigenvalue weighted by molar-refractivity contribution is 6.05. The molecule has 5 nitrogen and oxygen atoms in total. The van der Waals surface area contributed by atoms with E-state index in [1.54, 1.807) is 0 Å². The van der Waals surface area contributed by atoms with Gasteiger partial charge >= 0.3 is 5.97 Å². The van der Waals surface area contributed by atoms with Gasteiger partial charge in [0.25, 0.3) is 0 Å². The van der Waals surface area contributed by atoms with Crippen molar-refractivity contribution >= 4 is 11.8 Å². The third-order valence-corrected chi connectivity index (χ3v) is 6.53. The first-order chi connectivity index (χ1) is 14.7. The highest BCUT2D eigenvalue weighted by atomic mass is 16.6. The minimum absolute atomic E-state index is 0.00355. The first kappa shape index (κ1) is 22.2. The Morgan fingerprint density at radius 3 is 2.65 bits per heavy atom. The number of rotatable bonds is 5. The number of hydrogen-bond donors (Lipinski definition) is 0. The largest absolute Gasteiger partial charge is 0.460 e. The lowest BCUT2D eigenvalue weighted by molar-refractivity contribution is -0.160. The number of fused-ring (bicyclic) bond motifs is 2. The quantitative estimate of drug-likeness (QED) is 0.607. The van der Waals surface area contributed by atoms with Gasteiger partial charge in [-0.05, 0) is 63.7 Å². The van der Waals surface area contributed by atoms with E-state index >= 15 is 0 Å². The lowest BCUT2D eigenvalue weighted by Crippen LogP contribution is -2.37. The zero-order valence-electron chi connectivity index (χ0n) is 19.1. The van der Waals surface area contributed by atoms with E-state index in [-0.39, 0.29) is 41.7 Å². The molecule has 1 saturated carbocycles. The van der Waals surface area contributed by atoms with E-state index in [1.807, 2.05) is 27.7 Å². The van der Waals surface area contributed by atoms with Gasteiger partial charge in [-0.1, -0.05) is 31.2 Å². The first-order valence-corrected chi connectivity index (χ1v) is 11.6. The fraction of sp³-hybridized carbons (Fsp3) is 0.615. The van der Waals surface area contributed by atoms with E-state index in [0.717, 1.165) is 24.0 Å². The summed E-state index contributed by atoms with van der Waals surface area (Å²) in [7, 11) is 0. The van der Waals surface area contributed by atoms with Gasteiger partial charge < -0.3 is 14.2 Å². The maximum Gasteiger partial charge on any atom is 0.309 e. The lowest BCUT2D eigenvalue weighted by Gasteiger charge is -2.32. The summed E-state index contributed by atoms with van der Waals surface area (Å²) in [4.78, 5) is 25.8. The number of ketones is 1.